The molecule has 0 radical (unpaired) electrons. The molecule has 4 N–H and O–H groups in total. The van der Waals surface area contributed by atoms with Crippen LogP contribution in [0, 0.1) is 0 Å². The lowest BCUT2D eigenvalue weighted by atomic mass is 10.0. The summed E-state index contributed by atoms with van der Waals surface area (Å²) in [7, 11) is 0. The number of unbranched alkanes of at least 4 members (excludes halogenated alkanes) is 3. The normalized spacial score (nSPS) is 13.4. The van der Waals surface area contributed by atoms with Crippen LogP contribution in [0.25, 0.3) is 0 Å². The van der Waals surface area contributed by atoms with Crippen LogP contribution in [-0.4, -0.2) is 49.5 Å². The van der Waals surface area contributed by atoms with E-state index in [0.29, 0.717) is 5.75 Å². The lowest BCUT2D eigenvalue weighted by Crippen LogP contribution is -2.43. The van der Waals surface area contributed by atoms with Crippen LogP contribution >= 0.6 is 11.8 Å². The molecule has 0 spiro atoms. The predicted octanol–water partition coefficient (Wildman–Crippen LogP) is 2.52. The first kappa shape index (κ1) is 20.3. The summed E-state index contributed by atoms with van der Waals surface area (Å²) in [6.07, 6.45) is 4.12. The Bertz CT molecular complexity index is 530. The fraction of sp³-hybridized carbons (Fsp3) is 0.529. The van der Waals surface area contributed by atoms with E-state index in [-0.39, 0.29) is 11.5 Å². The maximum Gasteiger partial charge on any atom is 0.337 e. The van der Waals surface area contributed by atoms with Crippen LogP contribution in [0.4, 0.5) is 0 Å². The average molecular weight is 356 g/mol. The van der Waals surface area contributed by atoms with Crippen LogP contribution in [0.2, 0.25) is 0 Å². The molecule has 0 aliphatic heterocycles. The zero-order valence-corrected chi connectivity index (χ0v) is 14.3. The van der Waals surface area contributed by atoms with Gasteiger partial charge in [0.25, 0.3) is 0 Å². The molecule has 0 aliphatic carbocycles. The summed E-state index contributed by atoms with van der Waals surface area (Å²) < 4.78 is 0. The molecule has 0 aliphatic rings. The maximum absolute atomic E-state index is 11.0. The summed E-state index contributed by atoms with van der Waals surface area (Å²) in [6.45, 7) is 0. The maximum atomic E-state index is 11.0. The number of aromatic hydroxyl groups is 1. The summed E-state index contributed by atoms with van der Waals surface area (Å²) >= 11 is 1.26. The third-order valence-corrected chi connectivity index (χ3v) is 4.88. The minimum Gasteiger partial charge on any atom is -0.508 e. The largest absolute Gasteiger partial charge is 0.508 e. The van der Waals surface area contributed by atoms with Crippen molar-refractivity contribution < 1.29 is 30.0 Å². The van der Waals surface area contributed by atoms with E-state index in [1.807, 2.05) is 12.1 Å². The van der Waals surface area contributed by atoms with Gasteiger partial charge >= 0.3 is 11.9 Å². The summed E-state index contributed by atoms with van der Waals surface area (Å²) in [5, 5.41) is 36.6. The second kappa shape index (κ2) is 10.2. The van der Waals surface area contributed by atoms with Crippen LogP contribution in [0.3, 0.4) is 0 Å². The van der Waals surface area contributed by atoms with Crippen molar-refractivity contribution in [2.45, 2.75) is 44.1 Å². The third kappa shape index (κ3) is 7.70. The summed E-state index contributed by atoms with van der Waals surface area (Å²) in [4.78, 5) is 21.6. The molecule has 0 saturated carbocycles. The number of carboxylic acids is 2. The number of hydrogen-bond acceptors (Lipinski definition) is 5. The monoisotopic (exact) mass is 356 g/mol. The molecule has 0 heterocycles. The average Bonchev–Trinajstić information content (AvgIpc) is 2.51. The van der Waals surface area contributed by atoms with Gasteiger partial charge in [0.1, 0.15) is 5.75 Å². The molecule has 0 saturated heterocycles. The Morgan fingerprint density at radius 1 is 1.00 bits per heavy atom. The molecule has 7 heteroatoms. The molecule has 0 fully saturated rings. The van der Waals surface area contributed by atoms with E-state index in [2.05, 4.69) is 0 Å². The first-order valence-electron chi connectivity index (χ1n) is 7.87. The van der Waals surface area contributed by atoms with Gasteiger partial charge in [-0.15, -0.1) is 0 Å². The molecule has 1 atom stereocenters. The minimum atomic E-state index is -2.20. The molecule has 24 heavy (non-hydrogen) atoms. The molecule has 134 valence electrons. The molecule has 1 rings (SSSR count). The van der Waals surface area contributed by atoms with Crippen molar-refractivity contribution in [2.24, 2.45) is 0 Å². The smallest absolute Gasteiger partial charge is 0.337 e. The van der Waals surface area contributed by atoms with Gasteiger partial charge < -0.3 is 20.4 Å². The highest BCUT2D eigenvalue weighted by Gasteiger charge is 2.38. The number of carboxylic acid groups (broad SMARTS) is 2. The standard InChI is InChI=1S/C17H24O6S/c18-14-8-6-13(7-9-14)5-3-1-2-4-10-24-12-17(23,16(21)22)11-15(19)20/h6-9,18,23H,1-5,10-12H2,(H,19,20)(H,21,22)/t17-/m1/s1. The number of aryl methyl sites for hydroxylation is 1. The predicted molar refractivity (Wildman–Crippen MR) is 92.4 cm³/mol. The molecule has 0 bridgehead atoms. The van der Waals surface area contributed by atoms with Gasteiger partial charge in [-0.2, -0.15) is 11.8 Å². The van der Waals surface area contributed by atoms with Crippen molar-refractivity contribution in [1.82, 2.24) is 0 Å². The van der Waals surface area contributed by atoms with E-state index >= 15 is 0 Å². The van der Waals surface area contributed by atoms with Gasteiger partial charge in [0.15, 0.2) is 5.60 Å². The molecule has 6 nitrogen and oxygen atoms in total. The fourth-order valence-electron chi connectivity index (χ4n) is 2.23. The number of phenols is 1. The van der Waals surface area contributed by atoms with Crippen molar-refractivity contribution in [1.29, 1.82) is 0 Å². The van der Waals surface area contributed by atoms with Crippen molar-refractivity contribution in [3.05, 3.63) is 29.8 Å². The van der Waals surface area contributed by atoms with Crippen molar-refractivity contribution in [3.8, 4) is 5.75 Å². The zero-order valence-electron chi connectivity index (χ0n) is 13.5. The number of phenolic OH excluding ortho intramolecular Hbond substituents is 1. The highest BCUT2D eigenvalue weighted by Crippen LogP contribution is 2.20. The van der Waals surface area contributed by atoms with E-state index in [9.17, 15) is 19.8 Å². The van der Waals surface area contributed by atoms with E-state index in [1.54, 1.807) is 12.1 Å². The Kier molecular flexibility index (Phi) is 8.63. The van der Waals surface area contributed by atoms with Crippen LogP contribution in [0.1, 0.15) is 37.7 Å². The van der Waals surface area contributed by atoms with Gasteiger partial charge in [-0.1, -0.05) is 25.0 Å². The number of benzene rings is 1. The summed E-state index contributed by atoms with van der Waals surface area (Å²) in [6, 6.07) is 7.15. The van der Waals surface area contributed by atoms with Gasteiger partial charge in [-0.25, -0.2) is 4.79 Å². The number of aliphatic hydroxyl groups is 1. The highest BCUT2D eigenvalue weighted by atomic mass is 32.2. The Labute approximate surface area is 145 Å². The second-order valence-electron chi connectivity index (χ2n) is 5.79. The Morgan fingerprint density at radius 3 is 2.21 bits per heavy atom. The summed E-state index contributed by atoms with van der Waals surface area (Å²) in [5.74, 6) is -1.99. The van der Waals surface area contributed by atoms with E-state index in [1.165, 1.54) is 17.3 Å². The van der Waals surface area contributed by atoms with Gasteiger partial charge in [0, 0.05) is 5.75 Å². The van der Waals surface area contributed by atoms with Crippen LogP contribution < -0.4 is 0 Å². The molecular formula is C17H24O6S. The SMILES string of the molecule is O=C(O)C[C@@](O)(CSCCCCCCc1ccc(O)cc1)C(=O)O. The van der Waals surface area contributed by atoms with Crippen molar-refractivity contribution >= 4 is 23.7 Å². The highest BCUT2D eigenvalue weighted by molar-refractivity contribution is 7.99. The molecule has 0 unspecified atom stereocenters. The minimum absolute atomic E-state index is 0.123. The molecule has 0 aromatic heterocycles. The van der Waals surface area contributed by atoms with Crippen LogP contribution in [0.15, 0.2) is 24.3 Å². The van der Waals surface area contributed by atoms with E-state index < -0.39 is 24.0 Å². The van der Waals surface area contributed by atoms with Crippen molar-refractivity contribution in [3.63, 3.8) is 0 Å². The topological polar surface area (TPSA) is 115 Å². The van der Waals surface area contributed by atoms with Gasteiger partial charge in [-0.05, 0) is 42.7 Å². The quantitative estimate of drug-likeness (QED) is 0.425. The Hall–Kier alpha value is -1.73. The second-order valence-corrected chi connectivity index (χ2v) is 6.90. The number of carbonyl (C=O) groups is 2. The first-order chi connectivity index (χ1) is 11.3. The van der Waals surface area contributed by atoms with Crippen LogP contribution in [-0.2, 0) is 16.0 Å². The van der Waals surface area contributed by atoms with Gasteiger partial charge in [0.2, 0.25) is 0 Å². The lowest BCUT2D eigenvalue weighted by molar-refractivity contribution is -0.162. The van der Waals surface area contributed by atoms with E-state index in [4.69, 9.17) is 10.2 Å². The molecule has 1 aromatic carbocycles. The molecule has 1 aromatic rings. The van der Waals surface area contributed by atoms with Crippen LogP contribution in [0.5, 0.6) is 5.75 Å². The number of thioether (sulfide) groups is 1. The summed E-state index contributed by atoms with van der Waals surface area (Å²) in [5.41, 5.74) is -1.02. The zero-order chi connectivity index (χ0) is 18.0. The fourth-order valence-corrected chi connectivity index (χ4v) is 3.34. The molecular weight excluding hydrogens is 332 g/mol. The third-order valence-electron chi connectivity index (χ3n) is 3.62. The van der Waals surface area contributed by atoms with Gasteiger partial charge in [-0.3, -0.25) is 4.79 Å². The van der Waals surface area contributed by atoms with E-state index in [0.717, 1.165) is 32.1 Å². The Balaban J connectivity index is 2.12. The Morgan fingerprint density at radius 2 is 1.62 bits per heavy atom. The number of rotatable bonds is 12. The van der Waals surface area contributed by atoms with Gasteiger partial charge in [0.05, 0.1) is 6.42 Å². The lowest BCUT2D eigenvalue weighted by Gasteiger charge is -2.20. The number of hydrogen-bond donors (Lipinski definition) is 4. The number of aliphatic carboxylic acids is 2. The molecule has 0 amide bonds. The van der Waals surface area contributed by atoms with Crippen molar-refractivity contribution in [2.75, 3.05) is 11.5 Å². The first-order valence-corrected chi connectivity index (χ1v) is 9.02.